The Morgan fingerprint density at radius 3 is 2.48 bits per heavy atom. The molecule has 21 heavy (non-hydrogen) atoms. The monoisotopic (exact) mass is 310 g/mol. The minimum atomic E-state index is -1.46. The molecule has 0 saturated heterocycles. The fourth-order valence-corrected chi connectivity index (χ4v) is 2.15. The number of anilines is 1. The fraction of sp³-hybridized carbons (Fsp3) is 0.0714. The number of allylic oxidation sites excluding steroid dienone is 1. The zero-order valence-electron chi connectivity index (χ0n) is 10.9. The summed E-state index contributed by atoms with van der Waals surface area (Å²) in [5.41, 5.74) is -0.631. The van der Waals surface area contributed by atoms with Crippen molar-refractivity contribution in [1.82, 2.24) is 4.98 Å². The molecule has 0 spiro atoms. The molecule has 2 amide bonds. The van der Waals surface area contributed by atoms with Crippen LogP contribution in [0.15, 0.2) is 42.2 Å². The summed E-state index contributed by atoms with van der Waals surface area (Å²) in [6.45, 7) is 5.09. The van der Waals surface area contributed by atoms with Crippen molar-refractivity contribution in [3.63, 3.8) is 0 Å². The maximum Gasteiger partial charge on any atom is 0.266 e. The van der Waals surface area contributed by atoms with E-state index < -0.39 is 29.3 Å². The lowest BCUT2D eigenvalue weighted by Gasteiger charge is -2.16. The summed E-state index contributed by atoms with van der Waals surface area (Å²) in [6, 6.07) is 0. The lowest BCUT2D eigenvalue weighted by Crippen LogP contribution is -2.33. The number of halogens is 3. The normalized spacial score (nSPS) is 15.5. The van der Waals surface area contributed by atoms with E-state index in [1.807, 2.05) is 0 Å². The highest BCUT2D eigenvalue weighted by Gasteiger charge is 2.39. The van der Waals surface area contributed by atoms with E-state index in [2.05, 4.69) is 11.6 Å². The number of amides is 2. The average molecular weight is 311 g/mol. The molecule has 1 aromatic heterocycles. The van der Waals surface area contributed by atoms with Crippen LogP contribution in [-0.2, 0) is 9.59 Å². The molecule has 0 bridgehead atoms. The van der Waals surface area contributed by atoms with Crippen LogP contribution in [-0.4, -0.2) is 16.8 Å². The van der Waals surface area contributed by atoms with Crippen molar-refractivity contribution in [2.75, 3.05) is 4.90 Å². The van der Waals surface area contributed by atoms with Gasteiger partial charge in [0.1, 0.15) is 5.69 Å². The fourth-order valence-electron chi connectivity index (χ4n) is 1.93. The van der Waals surface area contributed by atoms with Crippen LogP contribution < -0.4 is 4.90 Å². The first-order valence-electron chi connectivity index (χ1n) is 5.81. The second-order valence-electron chi connectivity index (χ2n) is 4.04. The standard InChI is InChI=1S/C14H9ClF2N2O2/c1-3-5-8-7(4-2)13(20)19(14(8)21)11-9(15)6-18-12(17)10(11)16/h3-6H,2H2,1H3/b5-3-. The van der Waals surface area contributed by atoms with E-state index in [0.717, 1.165) is 6.20 Å². The molecule has 2 rings (SSSR count). The lowest BCUT2D eigenvalue weighted by atomic mass is 10.1. The third-order valence-electron chi connectivity index (χ3n) is 2.82. The Kier molecular flexibility index (Phi) is 3.99. The maximum absolute atomic E-state index is 13.9. The molecule has 0 radical (unpaired) electrons. The molecule has 1 aliphatic rings. The van der Waals surface area contributed by atoms with Crippen molar-refractivity contribution in [1.29, 1.82) is 0 Å². The molecule has 0 atom stereocenters. The Morgan fingerprint density at radius 1 is 1.29 bits per heavy atom. The van der Waals surface area contributed by atoms with E-state index in [0.29, 0.717) is 4.90 Å². The summed E-state index contributed by atoms with van der Waals surface area (Å²) in [4.78, 5) is 28.1. The van der Waals surface area contributed by atoms with E-state index in [4.69, 9.17) is 11.6 Å². The molecule has 108 valence electrons. The van der Waals surface area contributed by atoms with Gasteiger partial charge in [-0.3, -0.25) is 9.59 Å². The second kappa shape index (κ2) is 5.57. The predicted octanol–water partition coefficient (Wildman–Crippen LogP) is 2.95. The van der Waals surface area contributed by atoms with Gasteiger partial charge in [0.2, 0.25) is 5.82 Å². The number of aromatic nitrogens is 1. The van der Waals surface area contributed by atoms with Crippen molar-refractivity contribution in [2.45, 2.75) is 6.92 Å². The van der Waals surface area contributed by atoms with E-state index in [-0.39, 0.29) is 16.2 Å². The zero-order valence-corrected chi connectivity index (χ0v) is 11.6. The molecular formula is C14H9ClF2N2O2. The number of carbonyl (C=O) groups excluding carboxylic acids is 2. The predicted molar refractivity (Wildman–Crippen MR) is 73.7 cm³/mol. The summed E-state index contributed by atoms with van der Waals surface area (Å²) in [6.07, 6.45) is 4.94. The van der Waals surface area contributed by atoms with Gasteiger partial charge in [-0.05, 0) is 6.92 Å². The third kappa shape index (κ3) is 2.27. The number of imide groups is 1. The highest BCUT2D eigenvalue weighted by Crippen LogP contribution is 2.35. The minimum absolute atomic E-state index is 0.00853. The number of pyridine rings is 1. The summed E-state index contributed by atoms with van der Waals surface area (Å²) >= 11 is 5.75. The van der Waals surface area contributed by atoms with Crippen molar-refractivity contribution in [2.24, 2.45) is 0 Å². The van der Waals surface area contributed by atoms with Crippen LogP contribution in [0.2, 0.25) is 5.02 Å². The molecule has 0 aromatic carbocycles. The Morgan fingerprint density at radius 2 is 1.90 bits per heavy atom. The van der Waals surface area contributed by atoms with Gasteiger partial charge in [0.15, 0.2) is 0 Å². The van der Waals surface area contributed by atoms with E-state index >= 15 is 0 Å². The average Bonchev–Trinajstić information content (AvgIpc) is 2.68. The molecule has 1 aromatic rings. The van der Waals surface area contributed by atoms with Gasteiger partial charge in [-0.15, -0.1) is 0 Å². The number of nitrogens with zero attached hydrogens (tertiary/aromatic N) is 2. The molecule has 7 heteroatoms. The molecule has 0 fully saturated rings. The number of carbonyl (C=O) groups is 2. The van der Waals surface area contributed by atoms with E-state index in [1.165, 1.54) is 12.2 Å². The van der Waals surface area contributed by atoms with Gasteiger partial charge < -0.3 is 0 Å². The Labute approximate surface area is 124 Å². The van der Waals surface area contributed by atoms with Crippen molar-refractivity contribution in [3.8, 4) is 0 Å². The van der Waals surface area contributed by atoms with Crippen LogP contribution in [0, 0.1) is 11.8 Å². The second-order valence-corrected chi connectivity index (χ2v) is 4.44. The Bertz CT molecular complexity index is 726. The van der Waals surface area contributed by atoms with Gasteiger partial charge in [0.25, 0.3) is 17.8 Å². The van der Waals surface area contributed by atoms with Gasteiger partial charge in [-0.25, -0.2) is 9.88 Å². The lowest BCUT2D eigenvalue weighted by molar-refractivity contribution is -0.120. The largest absolute Gasteiger partial charge is 0.268 e. The van der Waals surface area contributed by atoms with Crippen LogP contribution in [0.25, 0.3) is 0 Å². The van der Waals surface area contributed by atoms with Crippen molar-refractivity contribution in [3.05, 3.63) is 58.9 Å². The highest BCUT2D eigenvalue weighted by molar-refractivity contribution is 6.39. The van der Waals surface area contributed by atoms with Gasteiger partial charge >= 0.3 is 0 Å². The van der Waals surface area contributed by atoms with E-state index in [9.17, 15) is 18.4 Å². The molecular weight excluding hydrogens is 302 g/mol. The number of hydrogen-bond acceptors (Lipinski definition) is 3. The molecule has 2 heterocycles. The molecule has 0 N–H and O–H groups in total. The molecule has 0 saturated carbocycles. The number of rotatable bonds is 3. The zero-order chi connectivity index (χ0) is 15.7. The van der Waals surface area contributed by atoms with Gasteiger partial charge in [0.05, 0.1) is 22.4 Å². The summed E-state index contributed by atoms with van der Waals surface area (Å²) in [7, 11) is 0. The van der Waals surface area contributed by atoms with Crippen LogP contribution in [0.4, 0.5) is 14.5 Å². The van der Waals surface area contributed by atoms with Crippen LogP contribution in [0.1, 0.15) is 6.92 Å². The third-order valence-corrected chi connectivity index (χ3v) is 3.10. The quantitative estimate of drug-likeness (QED) is 0.637. The Hall–Kier alpha value is -2.34. The minimum Gasteiger partial charge on any atom is -0.268 e. The maximum atomic E-state index is 13.9. The number of hydrogen-bond donors (Lipinski definition) is 0. The summed E-state index contributed by atoms with van der Waals surface area (Å²) in [5.74, 6) is -4.54. The van der Waals surface area contributed by atoms with Crippen LogP contribution in [0.3, 0.4) is 0 Å². The summed E-state index contributed by atoms with van der Waals surface area (Å²) in [5, 5.41) is -0.347. The first-order chi connectivity index (χ1) is 9.93. The molecule has 0 aliphatic carbocycles. The highest BCUT2D eigenvalue weighted by atomic mass is 35.5. The van der Waals surface area contributed by atoms with E-state index in [1.54, 1.807) is 13.0 Å². The molecule has 0 unspecified atom stereocenters. The van der Waals surface area contributed by atoms with Gasteiger partial charge in [-0.1, -0.05) is 36.4 Å². The smallest absolute Gasteiger partial charge is 0.266 e. The SMILES string of the molecule is C=CC1=C(/C=C\C)C(=O)N(c2c(Cl)cnc(F)c2F)C1=O. The Balaban J connectivity index is 2.65. The van der Waals surface area contributed by atoms with Crippen molar-refractivity contribution >= 4 is 29.1 Å². The first-order valence-corrected chi connectivity index (χ1v) is 6.19. The van der Waals surface area contributed by atoms with Crippen LogP contribution >= 0.6 is 11.6 Å². The van der Waals surface area contributed by atoms with Gasteiger partial charge in [0, 0.05) is 0 Å². The molecule has 1 aliphatic heterocycles. The first kappa shape index (κ1) is 15.1. The van der Waals surface area contributed by atoms with Crippen LogP contribution in [0.5, 0.6) is 0 Å². The topological polar surface area (TPSA) is 50.3 Å². The summed E-state index contributed by atoms with van der Waals surface area (Å²) < 4.78 is 27.1. The van der Waals surface area contributed by atoms with Gasteiger partial charge in [-0.2, -0.15) is 8.78 Å². The molecule has 4 nitrogen and oxygen atoms in total. The van der Waals surface area contributed by atoms with Crippen molar-refractivity contribution < 1.29 is 18.4 Å².